The van der Waals surface area contributed by atoms with Crippen molar-refractivity contribution in [3.8, 4) is 0 Å². The molecule has 0 atom stereocenters. The first kappa shape index (κ1) is 22.1. The predicted molar refractivity (Wildman–Crippen MR) is 96.8 cm³/mol. The molecule has 0 aliphatic rings. The maximum Gasteiger partial charge on any atom is 0.294 e. The van der Waals surface area contributed by atoms with Crippen LogP contribution in [-0.4, -0.2) is 13.0 Å². The lowest BCUT2D eigenvalue weighted by molar-refractivity contribution is 0.483. The summed E-state index contributed by atoms with van der Waals surface area (Å²) in [6.07, 6.45) is 14.1. The lowest BCUT2D eigenvalue weighted by Gasteiger charge is -2.04. The van der Waals surface area contributed by atoms with Gasteiger partial charge in [-0.25, -0.2) is 0 Å². The highest BCUT2D eigenvalue weighted by molar-refractivity contribution is 7.85. The Bertz CT molecular complexity index is 498. The van der Waals surface area contributed by atoms with Crippen LogP contribution in [0.1, 0.15) is 76.7 Å². The van der Waals surface area contributed by atoms with Gasteiger partial charge in [0.05, 0.1) is 4.90 Å². The van der Waals surface area contributed by atoms with Gasteiger partial charge in [-0.3, -0.25) is 4.55 Å². The SMILES string of the molecule is CCCCCCCCCCCCc1ccc(S(=O)(=O)O)cc1.N. The van der Waals surface area contributed by atoms with Gasteiger partial charge in [0.1, 0.15) is 0 Å². The minimum Gasteiger partial charge on any atom is -0.344 e. The molecule has 23 heavy (non-hydrogen) atoms. The summed E-state index contributed by atoms with van der Waals surface area (Å²) in [7, 11) is -4.06. The molecule has 0 spiro atoms. The molecule has 0 aliphatic carbocycles. The van der Waals surface area contributed by atoms with Crippen molar-refractivity contribution in [1.29, 1.82) is 0 Å². The van der Waals surface area contributed by atoms with E-state index in [0.29, 0.717) is 0 Å². The van der Waals surface area contributed by atoms with Gasteiger partial charge >= 0.3 is 0 Å². The highest BCUT2D eigenvalue weighted by Gasteiger charge is 2.08. The maximum atomic E-state index is 10.9. The molecule has 0 radical (unpaired) electrons. The standard InChI is InChI=1S/C18H30O3S.H3N/c1-2-3-4-5-6-7-8-9-10-11-12-17-13-15-18(16-14-17)22(19,20)21;/h13-16H,2-12H2,1H3,(H,19,20,21);1H3. The minimum absolute atomic E-state index is 0. The Balaban J connectivity index is 0.00000484. The summed E-state index contributed by atoms with van der Waals surface area (Å²) in [5.74, 6) is 0. The van der Waals surface area contributed by atoms with E-state index in [1.165, 1.54) is 69.9 Å². The summed E-state index contributed by atoms with van der Waals surface area (Å²) >= 11 is 0. The van der Waals surface area contributed by atoms with Crippen LogP contribution >= 0.6 is 0 Å². The third-order valence-corrected chi connectivity index (χ3v) is 4.91. The zero-order valence-electron chi connectivity index (χ0n) is 14.5. The molecule has 1 aromatic carbocycles. The first-order chi connectivity index (χ1) is 10.5. The van der Waals surface area contributed by atoms with Crippen molar-refractivity contribution in [2.75, 3.05) is 0 Å². The summed E-state index contributed by atoms with van der Waals surface area (Å²) in [6.45, 7) is 2.25. The minimum atomic E-state index is -4.06. The van der Waals surface area contributed by atoms with Gasteiger partial charge in [0.2, 0.25) is 0 Å². The van der Waals surface area contributed by atoms with Crippen LogP contribution in [0.5, 0.6) is 0 Å². The third kappa shape index (κ3) is 10.5. The number of benzene rings is 1. The quantitative estimate of drug-likeness (QED) is 0.384. The number of hydrogen-bond acceptors (Lipinski definition) is 3. The number of rotatable bonds is 12. The van der Waals surface area contributed by atoms with Crippen molar-refractivity contribution in [3.63, 3.8) is 0 Å². The molecule has 0 saturated heterocycles. The monoisotopic (exact) mass is 343 g/mol. The molecule has 1 aromatic rings. The van der Waals surface area contributed by atoms with Gasteiger partial charge in [-0.05, 0) is 30.5 Å². The van der Waals surface area contributed by atoms with Crippen molar-refractivity contribution < 1.29 is 13.0 Å². The van der Waals surface area contributed by atoms with Gasteiger partial charge in [-0.15, -0.1) is 0 Å². The molecule has 0 aliphatic heterocycles. The lowest BCUT2D eigenvalue weighted by Crippen LogP contribution is -1.98. The van der Waals surface area contributed by atoms with Gasteiger partial charge in [0, 0.05) is 0 Å². The maximum absolute atomic E-state index is 10.9. The molecule has 0 bridgehead atoms. The Morgan fingerprint density at radius 3 is 1.65 bits per heavy atom. The van der Waals surface area contributed by atoms with E-state index in [0.717, 1.165) is 18.4 Å². The van der Waals surface area contributed by atoms with Crippen molar-refractivity contribution >= 4 is 10.1 Å². The fourth-order valence-corrected chi connectivity index (χ4v) is 3.12. The molecule has 1 rings (SSSR count). The Labute approximate surface area is 142 Å². The van der Waals surface area contributed by atoms with Gasteiger partial charge < -0.3 is 6.15 Å². The van der Waals surface area contributed by atoms with Gasteiger partial charge in [0.15, 0.2) is 0 Å². The van der Waals surface area contributed by atoms with E-state index in [1.807, 2.05) is 0 Å². The van der Waals surface area contributed by atoms with Crippen LogP contribution in [0.15, 0.2) is 29.2 Å². The van der Waals surface area contributed by atoms with Crippen LogP contribution in [0.4, 0.5) is 0 Å². The van der Waals surface area contributed by atoms with Crippen LogP contribution in [0.3, 0.4) is 0 Å². The van der Waals surface area contributed by atoms with Crippen LogP contribution < -0.4 is 6.15 Å². The summed E-state index contributed by atoms with van der Waals surface area (Å²) in [5.41, 5.74) is 1.13. The third-order valence-electron chi connectivity index (χ3n) is 4.04. The summed E-state index contributed by atoms with van der Waals surface area (Å²) < 4.78 is 30.8. The van der Waals surface area contributed by atoms with Crippen LogP contribution in [-0.2, 0) is 16.5 Å². The Kier molecular flexibility index (Phi) is 12.0. The van der Waals surface area contributed by atoms with E-state index in [1.54, 1.807) is 12.1 Å². The molecule has 0 saturated carbocycles. The van der Waals surface area contributed by atoms with Crippen molar-refractivity contribution in [1.82, 2.24) is 6.15 Å². The smallest absolute Gasteiger partial charge is 0.294 e. The van der Waals surface area contributed by atoms with E-state index in [-0.39, 0.29) is 11.0 Å². The molecule has 0 fully saturated rings. The molecule has 134 valence electrons. The molecule has 5 heteroatoms. The Morgan fingerprint density at radius 1 is 0.783 bits per heavy atom. The second-order valence-electron chi connectivity index (χ2n) is 6.05. The summed E-state index contributed by atoms with van der Waals surface area (Å²) in [4.78, 5) is -0.0284. The molecular formula is C18H33NO3S. The largest absolute Gasteiger partial charge is 0.344 e. The van der Waals surface area contributed by atoms with Gasteiger partial charge in [0.25, 0.3) is 10.1 Å². The van der Waals surface area contributed by atoms with E-state index in [2.05, 4.69) is 6.92 Å². The Morgan fingerprint density at radius 2 is 1.22 bits per heavy atom. The van der Waals surface area contributed by atoms with Crippen LogP contribution in [0, 0.1) is 0 Å². The average molecular weight is 344 g/mol. The molecule has 0 aromatic heterocycles. The molecule has 4 N–H and O–H groups in total. The fraction of sp³-hybridized carbons (Fsp3) is 0.667. The number of hydrogen-bond donors (Lipinski definition) is 2. The van der Waals surface area contributed by atoms with Gasteiger partial charge in [-0.2, -0.15) is 8.42 Å². The highest BCUT2D eigenvalue weighted by atomic mass is 32.2. The zero-order valence-corrected chi connectivity index (χ0v) is 15.3. The summed E-state index contributed by atoms with van der Waals surface area (Å²) in [5, 5.41) is 0. The number of aryl methyl sites for hydroxylation is 1. The predicted octanol–water partition coefficient (Wildman–Crippen LogP) is 5.56. The zero-order chi connectivity index (χ0) is 16.3. The topological polar surface area (TPSA) is 89.4 Å². The van der Waals surface area contributed by atoms with Crippen molar-refractivity contribution in [2.45, 2.75) is 82.4 Å². The van der Waals surface area contributed by atoms with E-state index in [4.69, 9.17) is 4.55 Å². The van der Waals surface area contributed by atoms with Crippen molar-refractivity contribution in [2.24, 2.45) is 0 Å². The summed E-state index contributed by atoms with van der Waals surface area (Å²) in [6, 6.07) is 6.52. The van der Waals surface area contributed by atoms with E-state index < -0.39 is 10.1 Å². The lowest BCUT2D eigenvalue weighted by atomic mass is 10.0. The Hall–Kier alpha value is -0.910. The number of unbranched alkanes of at least 4 members (excludes halogenated alkanes) is 9. The van der Waals surface area contributed by atoms with E-state index >= 15 is 0 Å². The average Bonchev–Trinajstić information content (AvgIpc) is 2.49. The van der Waals surface area contributed by atoms with Gasteiger partial charge in [-0.1, -0.05) is 76.8 Å². The van der Waals surface area contributed by atoms with Crippen LogP contribution in [0.25, 0.3) is 0 Å². The molecule has 0 unspecified atom stereocenters. The first-order valence-electron chi connectivity index (χ1n) is 8.60. The molecule has 0 amide bonds. The molecule has 0 heterocycles. The molecular weight excluding hydrogens is 310 g/mol. The normalized spacial score (nSPS) is 11.2. The van der Waals surface area contributed by atoms with Crippen LogP contribution in [0.2, 0.25) is 0 Å². The van der Waals surface area contributed by atoms with E-state index in [9.17, 15) is 8.42 Å². The highest BCUT2D eigenvalue weighted by Crippen LogP contribution is 2.14. The molecule has 4 nitrogen and oxygen atoms in total. The second-order valence-corrected chi connectivity index (χ2v) is 7.47. The second kappa shape index (κ2) is 12.5. The fourth-order valence-electron chi connectivity index (χ4n) is 2.64. The van der Waals surface area contributed by atoms with Crippen molar-refractivity contribution in [3.05, 3.63) is 29.8 Å². The first-order valence-corrected chi connectivity index (χ1v) is 10.0.